The van der Waals surface area contributed by atoms with Crippen LogP contribution >= 0.6 is 11.6 Å². The van der Waals surface area contributed by atoms with Gasteiger partial charge in [-0.15, -0.1) is 0 Å². The van der Waals surface area contributed by atoms with Gasteiger partial charge in [0.15, 0.2) is 0 Å². The van der Waals surface area contributed by atoms with Crippen LogP contribution in [0.15, 0.2) is 24.3 Å². The van der Waals surface area contributed by atoms with Crippen LogP contribution in [0.1, 0.15) is 49.9 Å². The zero-order valence-corrected chi connectivity index (χ0v) is 17.0. The molecule has 2 heterocycles. The van der Waals surface area contributed by atoms with Gasteiger partial charge in [-0.1, -0.05) is 31.9 Å². The molecule has 0 bridgehead atoms. The van der Waals surface area contributed by atoms with Crippen LogP contribution in [0, 0.1) is 5.92 Å². The Labute approximate surface area is 167 Å². The number of carbonyl (C=O) groups is 2. The highest BCUT2D eigenvalue weighted by Gasteiger charge is 2.35. The Morgan fingerprint density at radius 2 is 1.89 bits per heavy atom. The second kappa shape index (κ2) is 9.07. The van der Waals surface area contributed by atoms with Gasteiger partial charge in [-0.2, -0.15) is 0 Å². The van der Waals surface area contributed by atoms with E-state index in [1.165, 1.54) is 6.42 Å². The molecule has 0 aliphatic carbocycles. The second-order valence-electron chi connectivity index (χ2n) is 7.81. The molecule has 0 unspecified atom stereocenters. The lowest BCUT2D eigenvalue weighted by Gasteiger charge is -2.31. The summed E-state index contributed by atoms with van der Waals surface area (Å²) in [5.74, 6) is -0.0836. The summed E-state index contributed by atoms with van der Waals surface area (Å²) in [7, 11) is 0. The number of nitrogens with zero attached hydrogens (tertiary/aromatic N) is 2. The number of hydrogen-bond acceptors (Lipinski definition) is 3. The van der Waals surface area contributed by atoms with Crippen LogP contribution in [0.25, 0.3) is 0 Å². The van der Waals surface area contributed by atoms with E-state index in [2.05, 4.69) is 17.1 Å². The minimum Gasteiger partial charge on any atom is -0.340 e. The van der Waals surface area contributed by atoms with E-state index in [0.717, 1.165) is 45.4 Å². The standard InChI is InChI=1S/C21H30ClN3O2/c1-3-15(2)19(23-20(26)16-7-9-17(22)10-8-16)21(27)25-13-5-12-24-11-4-6-18(24)14-25/h7-10,15,18-19H,3-6,11-14H2,1-2H3,(H,23,26)/t15-,18-,19-/m0/s1. The quantitative estimate of drug-likeness (QED) is 0.838. The first-order valence-corrected chi connectivity index (χ1v) is 10.5. The first-order chi connectivity index (χ1) is 13.0. The van der Waals surface area contributed by atoms with E-state index in [9.17, 15) is 9.59 Å². The van der Waals surface area contributed by atoms with Gasteiger partial charge < -0.3 is 10.2 Å². The first kappa shape index (κ1) is 20.2. The molecular formula is C21H30ClN3O2. The van der Waals surface area contributed by atoms with Crippen molar-refractivity contribution in [1.82, 2.24) is 15.1 Å². The number of carbonyl (C=O) groups excluding carboxylic acids is 2. The lowest BCUT2D eigenvalue weighted by molar-refractivity contribution is -0.134. The number of fused-ring (bicyclic) bond motifs is 1. The van der Waals surface area contributed by atoms with Crippen LogP contribution in [0.3, 0.4) is 0 Å². The van der Waals surface area contributed by atoms with E-state index >= 15 is 0 Å². The zero-order chi connectivity index (χ0) is 19.4. The summed E-state index contributed by atoms with van der Waals surface area (Å²) < 4.78 is 0. The lowest BCUT2D eigenvalue weighted by atomic mass is 9.97. The molecule has 6 heteroatoms. The summed E-state index contributed by atoms with van der Waals surface area (Å²) in [6.07, 6.45) is 4.21. The molecule has 0 aromatic heterocycles. The van der Waals surface area contributed by atoms with Crippen molar-refractivity contribution in [2.75, 3.05) is 26.2 Å². The largest absolute Gasteiger partial charge is 0.340 e. The molecule has 3 atom stereocenters. The maximum absolute atomic E-state index is 13.3. The van der Waals surface area contributed by atoms with Crippen molar-refractivity contribution in [3.8, 4) is 0 Å². The molecule has 3 rings (SSSR count). The van der Waals surface area contributed by atoms with Crippen molar-refractivity contribution in [3.05, 3.63) is 34.9 Å². The van der Waals surface area contributed by atoms with Crippen LogP contribution in [0.4, 0.5) is 0 Å². The van der Waals surface area contributed by atoms with Gasteiger partial charge in [0.25, 0.3) is 5.91 Å². The van der Waals surface area contributed by atoms with Gasteiger partial charge in [0.2, 0.25) is 5.91 Å². The molecular weight excluding hydrogens is 362 g/mol. The van der Waals surface area contributed by atoms with Crippen LogP contribution < -0.4 is 5.32 Å². The molecule has 2 aliphatic heterocycles. The minimum absolute atomic E-state index is 0.0559. The molecule has 1 aromatic carbocycles. The number of rotatable bonds is 5. The van der Waals surface area contributed by atoms with E-state index in [-0.39, 0.29) is 17.7 Å². The van der Waals surface area contributed by atoms with E-state index in [1.807, 2.05) is 11.8 Å². The normalized spacial score (nSPS) is 22.6. The predicted molar refractivity (Wildman–Crippen MR) is 108 cm³/mol. The molecule has 1 N–H and O–H groups in total. The Balaban J connectivity index is 1.72. The van der Waals surface area contributed by atoms with Gasteiger partial charge >= 0.3 is 0 Å². The topological polar surface area (TPSA) is 52.7 Å². The molecule has 1 aromatic rings. The maximum Gasteiger partial charge on any atom is 0.251 e. The minimum atomic E-state index is -0.494. The van der Waals surface area contributed by atoms with Crippen molar-refractivity contribution in [2.24, 2.45) is 5.92 Å². The van der Waals surface area contributed by atoms with Crippen molar-refractivity contribution in [3.63, 3.8) is 0 Å². The average Bonchev–Trinajstić information content (AvgIpc) is 3.02. The summed E-state index contributed by atoms with van der Waals surface area (Å²) >= 11 is 5.91. The third-order valence-electron chi connectivity index (χ3n) is 5.99. The van der Waals surface area contributed by atoms with Gasteiger partial charge in [0.1, 0.15) is 6.04 Å². The van der Waals surface area contributed by atoms with E-state index in [0.29, 0.717) is 16.6 Å². The van der Waals surface area contributed by atoms with Gasteiger partial charge in [-0.25, -0.2) is 0 Å². The average molecular weight is 392 g/mol. The molecule has 0 saturated carbocycles. The van der Waals surface area contributed by atoms with Crippen LogP contribution in [0.5, 0.6) is 0 Å². The molecule has 2 aliphatic rings. The Kier molecular flexibility index (Phi) is 6.77. The summed E-state index contributed by atoms with van der Waals surface area (Å²) in [5.41, 5.74) is 0.526. The number of nitrogens with one attached hydrogen (secondary N) is 1. The summed E-state index contributed by atoms with van der Waals surface area (Å²) in [6.45, 7) is 7.86. The van der Waals surface area contributed by atoms with Crippen molar-refractivity contribution < 1.29 is 9.59 Å². The molecule has 5 nitrogen and oxygen atoms in total. The molecule has 0 radical (unpaired) electrons. The highest BCUT2D eigenvalue weighted by molar-refractivity contribution is 6.30. The molecule has 2 fully saturated rings. The monoisotopic (exact) mass is 391 g/mol. The molecule has 2 amide bonds. The highest BCUT2D eigenvalue weighted by atomic mass is 35.5. The number of benzene rings is 1. The lowest BCUT2D eigenvalue weighted by Crippen LogP contribution is -2.53. The Hall–Kier alpha value is -1.59. The zero-order valence-electron chi connectivity index (χ0n) is 16.3. The fraction of sp³-hybridized carbons (Fsp3) is 0.619. The fourth-order valence-electron chi connectivity index (χ4n) is 4.11. The van der Waals surface area contributed by atoms with E-state index < -0.39 is 6.04 Å². The molecule has 27 heavy (non-hydrogen) atoms. The van der Waals surface area contributed by atoms with Gasteiger partial charge in [0.05, 0.1) is 0 Å². The third-order valence-corrected chi connectivity index (χ3v) is 6.24. The summed E-state index contributed by atoms with van der Waals surface area (Å²) in [4.78, 5) is 30.5. The van der Waals surface area contributed by atoms with Crippen molar-refractivity contribution in [1.29, 1.82) is 0 Å². The van der Waals surface area contributed by atoms with E-state index in [4.69, 9.17) is 11.6 Å². The second-order valence-corrected chi connectivity index (χ2v) is 8.25. The van der Waals surface area contributed by atoms with Crippen LogP contribution in [0.2, 0.25) is 5.02 Å². The first-order valence-electron chi connectivity index (χ1n) is 10.1. The maximum atomic E-state index is 13.3. The Morgan fingerprint density at radius 1 is 1.19 bits per heavy atom. The van der Waals surface area contributed by atoms with Crippen molar-refractivity contribution in [2.45, 2.75) is 51.6 Å². The van der Waals surface area contributed by atoms with Gasteiger partial charge in [0, 0.05) is 36.3 Å². The van der Waals surface area contributed by atoms with Crippen molar-refractivity contribution >= 4 is 23.4 Å². The highest BCUT2D eigenvalue weighted by Crippen LogP contribution is 2.23. The summed E-state index contributed by atoms with van der Waals surface area (Å²) in [5, 5.41) is 3.58. The third kappa shape index (κ3) is 4.82. The van der Waals surface area contributed by atoms with E-state index in [1.54, 1.807) is 24.3 Å². The summed E-state index contributed by atoms with van der Waals surface area (Å²) in [6, 6.07) is 6.75. The Bertz CT molecular complexity index is 664. The fourth-order valence-corrected chi connectivity index (χ4v) is 4.24. The van der Waals surface area contributed by atoms with Crippen LogP contribution in [-0.2, 0) is 4.79 Å². The van der Waals surface area contributed by atoms with Crippen LogP contribution in [-0.4, -0.2) is 59.9 Å². The number of hydrogen-bond donors (Lipinski definition) is 1. The van der Waals surface area contributed by atoms with Gasteiger partial charge in [-0.05, 0) is 56.0 Å². The predicted octanol–water partition coefficient (Wildman–Crippen LogP) is 3.18. The smallest absolute Gasteiger partial charge is 0.251 e. The number of halogens is 1. The Morgan fingerprint density at radius 3 is 2.59 bits per heavy atom. The number of amides is 2. The molecule has 2 saturated heterocycles. The molecule has 148 valence electrons. The SMILES string of the molecule is CC[C@H](C)[C@H](NC(=O)c1ccc(Cl)cc1)C(=O)N1CCCN2CCC[C@H]2C1. The molecule has 0 spiro atoms. The van der Waals surface area contributed by atoms with Gasteiger partial charge in [-0.3, -0.25) is 14.5 Å².